The van der Waals surface area contributed by atoms with Gasteiger partial charge >= 0.3 is 0 Å². The number of halogens is 1. The van der Waals surface area contributed by atoms with Crippen LogP contribution in [0.25, 0.3) is 11.3 Å². The lowest BCUT2D eigenvalue weighted by Gasteiger charge is -2.33. The van der Waals surface area contributed by atoms with E-state index in [1.54, 1.807) is 33.8 Å². The van der Waals surface area contributed by atoms with E-state index < -0.39 is 10.0 Å². The van der Waals surface area contributed by atoms with Crippen LogP contribution in [0.15, 0.2) is 63.3 Å². The molecule has 1 aliphatic heterocycles. The average Bonchev–Trinajstić information content (AvgIpc) is 3.18. The zero-order chi connectivity index (χ0) is 19.7. The van der Waals surface area contributed by atoms with Gasteiger partial charge in [0.15, 0.2) is 5.13 Å². The maximum absolute atomic E-state index is 12.9. The number of hydrogen-bond acceptors (Lipinski definition) is 5. The first kappa shape index (κ1) is 19.6. The van der Waals surface area contributed by atoms with Crippen molar-refractivity contribution in [1.82, 2.24) is 9.29 Å². The van der Waals surface area contributed by atoms with E-state index in [0.717, 1.165) is 20.9 Å². The highest BCUT2D eigenvalue weighted by Gasteiger charge is 2.29. The number of rotatable bonds is 4. The highest BCUT2D eigenvalue weighted by Crippen LogP contribution is 2.29. The van der Waals surface area contributed by atoms with Crippen LogP contribution in [0.2, 0.25) is 0 Å². The zero-order valence-electron chi connectivity index (χ0n) is 15.4. The molecule has 0 unspecified atom stereocenters. The molecule has 0 N–H and O–H groups in total. The lowest BCUT2D eigenvalue weighted by molar-refractivity contribution is 0.385. The average molecular weight is 478 g/mol. The van der Waals surface area contributed by atoms with Gasteiger partial charge in [0.05, 0.1) is 10.6 Å². The Morgan fingerprint density at radius 3 is 2.50 bits per heavy atom. The van der Waals surface area contributed by atoms with Gasteiger partial charge in [0.25, 0.3) is 0 Å². The van der Waals surface area contributed by atoms with Gasteiger partial charge in [0, 0.05) is 41.6 Å². The molecular formula is C20H20BrN3O2S2. The van der Waals surface area contributed by atoms with Crippen molar-refractivity contribution in [1.29, 1.82) is 0 Å². The summed E-state index contributed by atoms with van der Waals surface area (Å²) in [4.78, 5) is 7.26. The van der Waals surface area contributed by atoms with E-state index in [2.05, 4.69) is 51.3 Å². The van der Waals surface area contributed by atoms with Crippen LogP contribution >= 0.6 is 27.3 Å². The van der Waals surface area contributed by atoms with Gasteiger partial charge < -0.3 is 4.90 Å². The third kappa shape index (κ3) is 4.00. The van der Waals surface area contributed by atoms with E-state index >= 15 is 0 Å². The smallest absolute Gasteiger partial charge is 0.243 e. The van der Waals surface area contributed by atoms with Crippen molar-refractivity contribution in [2.24, 2.45) is 0 Å². The summed E-state index contributed by atoms with van der Waals surface area (Å²) in [5.74, 6) is 0. The van der Waals surface area contributed by atoms with Crippen LogP contribution in [0.1, 0.15) is 5.56 Å². The molecule has 0 amide bonds. The first-order valence-corrected chi connectivity index (χ1v) is 12.1. The van der Waals surface area contributed by atoms with Crippen molar-refractivity contribution in [2.75, 3.05) is 31.1 Å². The summed E-state index contributed by atoms with van der Waals surface area (Å²) >= 11 is 4.95. The molecule has 1 fully saturated rings. The molecule has 2 heterocycles. The standard InChI is InChI=1S/C20H20BrN3O2S2/c1-15-4-2-5-16(12-15)19-14-27-20(22-19)23-8-10-24(11-9-23)28(25,26)18-7-3-6-17(21)13-18/h2-7,12-14H,8-11H2,1H3. The number of aryl methyl sites for hydroxylation is 1. The summed E-state index contributed by atoms with van der Waals surface area (Å²) in [6, 6.07) is 15.2. The van der Waals surface area contributed by atoms with Gasteiger partial charge in [-0.3, -0.25) is 0 Å². The van der Waals surface area contributed by atoms with E-state index in [1.807, 2.05) is 12.1 Å². The van der Waals surface area contributed by atoms with E-state index in [1.165, 1.54) is 5.56 Å². The highest BCUT2D eigenvalue weighted by atomic mass is 79.9. The maximum Gasteiger partial charge on any atom is 0.243 e. The summed E-state index contributed by atoms with van der Waals surface area (Å²) in [6.45, 7) is 4.24. The van der Waals surface area contributed by atoms with Crippen molar-refractivity contribution >= 4 is 42.4 Å². The normalized spacial score (nSPS) is 15.7. The summed E-state index contributed by atoms with van der Waals surface area (Å²) in [7, 11) is -3.47. The summed E-state index contributed by atoms with van der Waals surface area (Å²) in [5.41, 5.74) is 3.28. The molecule has 3 aromatic rings. The van der Waals surface area contributed by atoms with Gasteiger partial charge in [-0.2, -0.15) is 4.31 Å². The fourth-order valence-corrected chi connectivity index (χ4v) is 6.15. The molecule has 4 rings (SSSR count). The largest absolute Gasteiger partial charge is 0.345 e. The molecule has 0 atom stereocenters. The van der Waals surface area contributed by atoms with E-state index in [0.29, 0.717) is 31.1 Å². The van der Waals surface area contributed by atoms with Crippen molar-refractivity contribution in [3.8, 4) is 11.3 Å². The van der Waals surface area contributed by atoms with Crippen molar-refractivity contribution in [3.05, 3.63) is 63.9 Å². The second-order valence-corrected chi connectivity index (χ2v) is 10.4. The highest BCUT2D eigenvalue weighted by molar-refractivity contribution is 9.10. The Kier molecular flexibility index (Phi) is 5.55. The fourth-order valence-electron chi connectivity index (χ4n) is 3.24. The van der Waals surface area contributed by atoms with E-state index in [9.17, 15) is 8.42 Å². The Morgan fingerprint density at radius 1 is 1.04 bits per heavy atom. The van der Waals surface area contributed by atoms with Crippen molar-refractivity contribution < 1.29 is 8.42 Å². The summed E-state index contributed by atoms with van der Waals surface area (Å²) in [6.07, 6.45) is 0. The second-order valence-electron chi connectivity index (χ2n) is 6.73. The van der Waals surface area contributed by atoms with E-state index in [-0.39, 0.29) is 0 Å². The Morgan fingerprint density at radius 2 is 1.79 bits per heavy atom. The number of sulfonamides is 1. The molecule has 28 heavy (non-hydrogen) atoms. The Bertz CT molecular complexity index is 1090. The number of thiazole rings is 1. The van der Waals surface area contributed by atoms with Crippen molar-refractivity contribution in [2.45, 2.75) is 11.8 Å². The van der Waals surface area contributed by atoms with Crippen LogP contribution < -0.4 is 4.90 Å². The lowest BCUT2D eigenvalue weighted by atomic mass is 10.1. The lowest BCUT2D eigenvalue weighted by Crippen LogP contribution is -2.48. The van der Waals surface area contributed by atoms with Crippen LogP contribution in [0.4, 0.5) is 5.13 Å². The number of aromatic nitrogens is 1. The van der Waals surface area contributed by atoms with Crippen LogP contribution in [-0.2, 0) is 10.0 Å². The first-order chi connectivity index (χ1) is 13.4. The van der Waals surface area contributed by atoms with Gasteiger partial charge in [-0.05, 0) is 31.2 Å². The number of piperazine rings is 1. The predicted octanol–water partition coefficient (Wildman–Crippen LogP) is 4.39. The van der Waals surface area contributed by atoms with Gasteiger partial charge in [-0.1, -0.05) is 45.8 Å². The SMILES string of the molecule is Cc1cccc(-c2csc(N3CCN(S(=O)(=O)c4cccc(Br)c4)CC3)n2)c1. The summed E-state index contributed by atoms with van der Waals surface area (Å²) in [5, 5.41) is 3.00. The number of nitrogens with zero attached hydrogens (tertiary/aromatic N) is 3. The topological polar surface area (TPSA) is 53.5 Å². The second kappa shape index (κ2) is 7.94. The van der Waals surface area contributed by atoms with Gasteiger partial charge in [-0.15, -0.1) is 11.3 Å². The quantitative estimate of drug-likeness (QED) is 0.558. The molecule has 5 nitrogen and oxygen atoms in total. The molecule has 1 aromatic heterocycles. The number of anilines is 1. The minimum atomic E-state index is -3.47. The van der Waals surface area contributed by atoms with E-state index in [4.69, 9.17) is 4.98 Å². The van der Waals surface area contributed by atoms with Gasteiger partial charge in [0.2, 0.25) is 10.0 Å². The van der Waals surface area contributed by atoms with Gasteiger partial charge in [0.1, 0.15) is 0 Å². The van der Waals surface area contributed by atoms with Crippen molar-refractivity contribution in [3.63, 3.8) is 0 Å². The van der Waals surface area contributed by atoms with Crippen LogP contribution in [0.3, 0.4) is 0 Å². The monoisotopic (exact) mass is 477 g/mol. The maximum atomic E-state index is 12.9. The zero-order valence-corrected chi connectivity index (χ0v) is 18.6. The molecule has 0 aliphatic carbocycles. The molecule has 8 heteroatoms. The van der Waals surface area contributed by atoms with Crippen LogP contribution in [-0.4, -0.2) is 43.9 Å². The third-order valence-corrected chi connectivity index (χ3v) is 8.04. The molecule has 146 valence electrons. The minimum Gasteiger partial charge on any atom is -0.345 e. The minimum absolute atomic E-state index is 0.325. The number of hydrogen-bond donors (Lipinski definition) is 0. The molecular weight excluding hydrogens is 458 g/mol. The Balaban J connectivity index is 1.46. The first-order valence-electron chi connectivity index (χ1n) is 8.97. The molecule has 0 spiro atoms. The summed E-state index contributed by atoms with van der Waals surface area (Å²) < 4.78 is 28.1. The fraction of sp³-hybridized carbons (Fsp3) is 0.250. The molecule has 0 radical (unpaired) electrons. The van der Waals surface area contributed by atoms with Crippen LogP contribution in [0, 0.1) is 6.92 Å². The third-order valence-electron chi connectivity index (χ3n) is 4.75. The predicted molar refractivity (Wildman–Crippen MR) is 117 cm³/mol. The van der Waals surface area contributed by atoms with Gasteiger partial charge in [-0.25, -0.2) is 13.4 Å². The Hall–Kier alpha value is -1.74. The molecule has 2 aromatic carbocycles. The molecule has 1 saturated heterocycles. The number of benzene rings is 2. The molecule has 0 bridgehead atoms. The Labute approximate surface area is 177 Å². The molecule has 0 saturated carbocycles. The van der Waals surface area contributed by atoms with Crippen LogP contribution in [0.5, 0.6) is 0 Å². The molecule has 1 aliphatic rings.